The Morgan fingerprint density at radius 2 is 2.08 bits per heavy atom. The molecule has 0 atom stereocenters. The number of carbonyl (C=O) groups excluding carboxylic acids is 1. The van der Waals surface area contributed by atoms with E-state index in [1.165, 1.54) is 18.3 Å². The predicted octanol–water partition coefficient (Wildman–Crippen LogP) is 3.28. The molecule has 0 aliphatic heterocycles. The lowest BCUT2D eigenvalue weighted by Crippen LogP contribution is -2.20. The minimum Gasteiger partial charge on any atom is -0.493 e. The van der Waals surface area contributed by atoms with Gasteiger partial charge in [0.05, 0.1) is 24.2 Å². The molecule has 2 aromatic rings. The van der Waals surface area contributed by atoms with Gasteiger partial charge in [-0.15, -0.1) is 0 Å². The number of nitro benzene ring substituents is 1. The number of non-ortho nitro benzene ring substituents is 1. The van der Waals surface area contributed by atoms with E-state index in [9.17, 15) is 14.9 Å². The van der Waals surface area contributed by atoms with Crippen molar-refractivity contribution in [2.45, 2.75) is 6.42 Å². The van der Waals surface area contributed by atoms with E-state index in [4.69, 9.17) is 4.74 Å². The molecule has 124 valence electrons. The molecule has 1 N–H and O–H groups in total. The Morgan fingerprint density at radius 1 is 1.29 bits per heavy atom. The summed E-state index contributed by atoms with van der Waals surface area (Å²) in [6.45, 7) is 0.217. The third kappa shape index (κ3) is 5.81. The molecule has 0 radical (unpaired) electrons. The van der Waals surface area contributed by atoms with E-state index in [0.717, 1.165) is 4.47 Å². The normalized spacial score (nSPS) is 10.5. The fraction of sp³-hybridized carbons (Fsp3) is 0.125. The van der Waals surface area contributed by atoms with Crippen molar-refractivity contribution in [3.05, 3.63) is 68.7 Å². The van der Waals surface area contributed by atoms with Gasteiger partial charge in [-0.2, -0.15) is 5.10 Å². The van der Waals surface area contributed by atoms with Gasteiger partial charge in [0, 0.05) is 22.2 Å². The summed E-state index contributed by atoms with van der Waals surface area (Å²) in [5.41, 5.74) is 2.84. The number of hydrogen-bond donors (Lipinski definition) is 1. The highest BCUT2D eigenvalue weighted by molar-refractivity contribution is 9.10. The minimum absolute atomic E-state index is 0.0345. The first-order valence-corrected chi connectivity index (χ1v) is 7.78. The van der Waals surface area contributed by atoms with Crippen LogP contribution in [0.4, 0.5) is 5.69 Å². The number of ether oxygens (including phenoxy) is 1. The van der Waals surface area contributed by atoms with E-state index >= 15 is 0 Å². The van der Waals surface area contributed by atoms with Gasteiger partial charge in [-0.25, -0.2) is 5.43 Å². The van der Waals surface area contributed by atoms with Gasteiger partial charge in [-0.3, -0.25) is 14.9 Å². The van der Waals surface area contributed by atoms with Gasteiger partial charge in [-0.05, 0) is 18.2 Å². The van der Waals surface area contributed by atoms with E-state index in [-0.39, 0.29) is 24.6 Å². The van der Waals surface area contributed by atoms with Crippen LogP contribution in [-0.2, 0) is 4.79 Å². The molecule has 0 aromatic heterocycles. The number of hydrogen-bond acceptors (Lipinski definition) is 5. The Hall–Kier alpha value is -2.74. The zero-order chi connectivity index (χ0) is 17.4. The molecule has 0 fully saturated rings. The van der Waals surface area contributed by atoms with E-state index in [0.29, 0.717) is 11.3 Å². The van der Waals surface area contributed by atoms with Gasteiger partial charge in [0.25, 0.3) is 5.69 Å². The highest BCUT2D eigenvalue weighted by atomic mass is 79.9. The summed E-state index contributed by atoms with van der Waals surface area (Å²) in [4.78, 5) is 21.8. The maximum atomic E-state index is 11.6. The molecule has 0 heterocycles. The van der Waals surface area contributed by atoms with Crippen LogP contribution in [0.15, 0.2) is 58.1 Å². The number of benzene rings is 2. The van der Waals surface area contributed by atoms with Gasteiger partial charge in [0.2, 0.25) is 5.91 Å². The highest BCUT2D eigenvalue weighted by Crippen LogP contribution is 2.17. The zero-order valence-corrected chi connectivity index (χ0v) is 14.1. The predicted molar refractivity (Wildman–Crippen MR) is 93.1 cm³/mol. The van der Waals surface area contributed by atoms with Crippen LogP contribution < -0.4 is 10.2 Å². The van der Waals surface area contributed by atoms with Crippen molar-refractivity contribution in [3.63, 3.8) is 0 Å². The summed E-state index contributed by atoms with van der Waals surface area (Å²) in [5.74, 6) is 0.351. The molecular weight excluding hydrogens is 378 g/mol. The smallest absolute Gasteiger partial charge is 0.270 e. The van der Waals surface area contributed by atoms with Crippen molar-refractivity contribution in [1.29, 1.82) is 0 Å². The van der Waals surface area contributed by atoms with Crippen LogP contribution in [0.25, 0.3) is 0 Å². The van der Waals surface area contributed by atoms with E-state index in [2.05, 4.69) is 26.5 Å². The zero-order valence-electron chi connectivity index (χ0n) is 12.5. The maximum Gasteiger partial charge on any atom is 0.270 e. The largest absolute Gasteiger partial charge is 0.493 e. The maximum absolute atomic E-state index is 11.6. The number of halogens is 1. The summed E-state index contributed by atoms with van der Waals surface area (Å²) < 4.78 is 6.34. The van der Waals surface area contributed by atoms with Crippen LogP contribution in [0.2, 0.25) is 0 Å². The number of rotatable bonds is 7. The molecule has 0 bridgehead atoms. The molecule has 0 aliphatic rings. The summed E-state index contributed by atoms with van der Waals surface area (Å²) in [6, 6.07) is 13.3. The Labute approximate surface area is 146 Å². The van der Waals surface area contributed by atoms with Crippen molar-refractivity contribution in [2.75, 3.05) is 6.61 Å². The van der Waals surface area contributed by atoms with Crippen molar-refractivity contribution < 1.29 is 14.5 Å². The van der Waals surface area contributed by atoms with E-state index < -0.39 is 4.92 Å². The molecule has 2 aromatic carbocycles. The van der Waals surface area contributed by atoms with Crippen molar-refractivity contribution in [2.24, 2.45) is 5.10 Å². The van der Waals surface area contributed by atoms with Gasteiger partial charge in [-0.1, -0.05) is 34.1 Å². The van der Waals surface area contributed by atoms with E-state index in [1.807, 2.05) is 12.1 Å². The Morgan fingerprint density at radius 3 is 2.83 bits per heavy atom. The molecule has 0 spiro atoms. The molecular formula is C16H14BrN3O4. The van der Waals surface area contributed by atoms with E-state index in [1.54, 1.807) is 24.3 Å². The summed E-state index contributed by atoms with van der Waals surface area (Å²) in [7, 11) is 0. The quantitative estimate of drug-likeness (QED) is 0.445. The summed E-state index contributed by atoms with van der Waals surface area (Å²) in [6.07, 6.45) is 1.48. The van der Waals surface area contributed by atoms with Crippen LogP contribution in [0.5, 0.6) is 5.75 Å². The number of nitro groups is 1. The molecule has 0 saturated heterocycles. The first kappa shape index (κ1) is 17.6. The lowest BCUT2D eigenvalue weighted by atomic mass is 10.2. The van der Waals surface area contributed by atoms with Crippen LogP contribution >= 0.6 is 15.9 Å². The van der Waals surface area contributed by atoms with Gasteiger partial charge in [0.1, 0.15) is 5.75 Å². The Balaban J connectivity index is 1.76. The average molecular weight is 392 g/mol. The molecule has 1 amide bonds. The summed E-state index contributed by atoms with van der Waals surface area (Å²) in [5, 5.41) is 14.4. The fourth-order valence-electron chi connectivity index (χ4n) is 1.77. The van der Waals surface area contributed by atoms with Crippen molar-refractivity contribution >= 4 is 33.7 Å². The van der Waals surface area contributed by atoms with Gasteiger partial charge < -0.3 is 4.74 Å². The number of nitrogens with one attached hydrogen (secondary N) is 1. The van der Waals surface area contributed by atoms with Crippen LogP contribution in [0.1, 0.15) is 12.0 Å². The Kier molecular flexibility index (Phi) is 6.44. The number of nitrogens with zero attached hydrogens (tertiary/aromatic N) is 2. The van der Waals surface area contributed by atoms with Crippen molar-refractivity contribution in [1.82, 2.24) is 5.43 Å². The minimum atomic E-state index is -0.491. The average Bonchev–Trinajstić information content (AvgIpc) is 2.55. The van der Waals surface area contributed by atoms with Crippen LogP contribution in [0, 0.1) is 10.1 Å². The lowest BCUT2D eigenvalue weighted by molar-refractivity contribution is -0.384. The number of amides is 1. The number of carbonyl (C=O) groups is 1. The second-order valence-electron chi connectivity index (χ2n) is 4.70. The number of hydrazone groups is 1. The monoisotopic (exact) mass is 391 g/mol. The molecule has 0 aliphatic carbocycles. The fourth-order valence-corrected chi connectivity index (χ4v) is 2.15. The lowest BCUT2D eigenvalue weighted by Gasteiger charge is -2.05. The van der Waals surface area contributed by atoms with Gasteiger partial charge >= 0.3 is 0 Å². The van der Waals surface area contributed by atoms with Crippen LogP contribution in [-0.4, -0.2) is 23.7 Å². The van der Waals surface area contributed by atoms with Crippen molar-refractivity contribution in [3.8, 4) is 5.75 Å². The molecule has 24 heavy (non-hydrogen) atoms. The second kappa shape index (κ2) is 8.78. The van der Waals surface area contributed by atoms with Gasteiger partial charge in [0.15, 0.2) is 0 Å². The van der Waals surface area contributed by atoms with Crippen LogP contribution in [0.3, 0.4) is 0 Å². The highest BCUT2D eigenvalue weighted by Gasteiger charge is 2.04. The third-order valence-corrected chi connectivity index (χ3v) is 3.37. The molecule has 2 rings (SSSR count). The first-order valence-electron chi connectivity index (χ1n) is 6.99. The molecule has 0 unspecified atom stereocenters. The molecule has 7 nitrogen and oxygen atoms in total. The SMILES string of the molecule is O=C(CCOc1cccc(Br)c1)N/N=C\c1cccc([N+](=O)[O-])c1. The topological polar surface area (TPSA) is 93.8 Å². The first-order chi connectivity index (χ1) is 11.5. The molecule has 8 heteroatoms. The third-order valence-electron chi connectivity index (χ3n) is 2.88. The summed E-state index contributed by atoms with van der Waals surface area (Å²) >= 11 is 3.33. The Bertz CT molecular complexity index is 764. The molecule has 0 saturated carbocycles. The second-order valence-corrected chi connectivity index (χ2v) is 5.62. The standard InChI is InChI=1S/C16H14BrN3O4/c17-13-4-2-6-15(10-13)24-8-7-16(21)19-18-11-12-3-1-5-14(9-12)20(22)23/h1-6,9-11H,7-8H2,(H,19,21)/b18-11-.